The summed E-state index contributed by atoms with van der Waals surface area (Å²) in [6, 6.07) is 5.38. The minimum atomic E-state index is -0.964. The van der Waals surface area contributed by atoms with Crippen LogP contribution in [0.3, 0.4) is 0 Å². The van der Waals surface area contributed by atoms with E-state index in [4.69, 9.17) is 23.2 Å². The van der Waals surface area contributed by atoms with E-state index in [2.05, 4.69) is 15.0 Å². The van der Waals surface area contributed by atoms with Gasteiger partial charge < -0.3 is 9.88 Å². The molecule has 31 heavy (non-hydrogen) atoms. The number of rotatable bonds is 2. The molecule has 158 valence electrons. The molecule has 5 rings (SSSR count). The number of benzene rings is 2. The van der Waals surface area contributed by atoms with Crippen molar-refractivity contribution in [2.75, 3.05) is 11.4 Å². The van der Waals surface area contributed by atoms with Crippen molar-refractivity contribution < 1.29 is 13.2 Å². The van der Waals surface area contributed by atoms with Crippen LogP contribution in [0.1, 0.15) is 28.4 Å². The molecule has 0 fully saturated rings. The Hall–Kier alpha value is -2.77. The van der Waals surface area contributed by atoms with Crippen LogP contribution >= 0.6 is 23.2 Å². The van der Waals surface area contributed by atoms with Gasteiger partial charge in [-0.2, -0.15) is 0 Å². The Balaban J connectivity index is 1.78. The first kappa shape index (κ1) is 20.2. The predicted molar refractivity (Wildman–Crippen MR) is 114 cm³/mol. The fourth-order valence-corrected chi connectivity index (χ4v) is 4.44. The number of nitrogens with one attached hydrogen (secondary N) is 1. The summed E-state index contributed by atoms with van der Waals surface area (Å²) in [5, 5.41) is 0.715. The summed E-state index contributed by atoms with van der Waals surface area (Å²) in [5.41, 5.74) is 2.04. The molecule has 0 saturated carbocycles. The van der Waals surface area contributed by atoms with Gasteiger partial charge in [0.15, 0.2) is 17.5 Å². The number of hydrogen-bond acceptors (Lipinski definition) is 3. The molecule has 0 bridgehead atoms. The maximum absolute atomic E-state index is 15.1. The summed E-state index contributed by atoms with van der Waals surface area (Å²) >= 11 is 11.9. The zero-order valence-corrected chi connectivity index (χ0v) is 17.7. The van der Waals surface area contributed by atoms with Crippen molar-refractivity contribution in [2.24, 2.45) is 0 Å². The lowest BCUT2D eigenvalue weighted by Crippen LogP contribution is -2.38. The molecular weight excluding hydrogens is 448 g/mol. The molecule has 4 nitrogen and oxygen atoms in total. The van der Waals surface area contributed by atoms with Crippen molar-refractivity contribution in [3.63, 3.8) is 0 Å². The molecule has 4 aromatic rings. The number of anilines is 1. The molecule has 1 N–H and O–H groups in total. The summed E-state index contributed by atoms with van der Waals surface area (Å²) in [6.07, 6.45) is 3.31. The minimum Gasteiger partial charge on any atom is -0.356 e. The van der Waals surface area contributed by atoms with Crippen molar-refractivity contribution in [3.8, 4) is 0 Å². The number of hydrogen-bond donors (Lipinski definition) is 1. The molecule has 0 spiro atoms. The van der Waals surface area contributed by atoms with Crippen LogP contribution < -0.4 is 4.90 Å². The number of aromatic amines is 1. The molecule has 3 heterocycles. The highest BCUT2D eigenvalue weighted by Crippen LogP contribution is 2.42. The van der Waals surface area contributed by atoms with Crippen LogP contribution in [0, 0.1) is 24.4 Å². The Morgan fingerprint density at radius 1 is 1.00 bits per heavy atom. The predicted octanol–water partition coefficient (Wildman–Crippen LogP) is 6.14. The van der Waals surface area contributed by atoms with Crippen LogP contribution in [-0.4, -0.2) is 21.5 Å². The Kier molecular flexibility index (Phi) is 4.83. The molecule has 0 radical (unpaired) electrons. The number of fused-ring (bicyclic) bond motifs is 3. The summed E-state index contributed by atoms with van der Waals surface area (Å²) in [5.74, 6) is -2.12. The molecule has 2 aromatic heterocycles. The fourth-order valence-electron chi connectivity index (χ4n) is 4.18. The van der Waals surface area contributed by atoms with Crippen molar-refractivity contribution >= 4 is 40.1 Å². The van der Waals surface area contributed by atoms with Gasteiger partial charge in [-0.05, 0) is 36.6 Å². The van der Waals surface area contributed by atoms with E-state index in [1.807, 2.05) is 0 Å². The van der Waals surface area contributed by atoms with Gasteiger partial charge in [0.1, 0.15) is 6.04 Å². The first-order valence-electron chi connectivity index (χ1n) is 9.54. The quantitative estimate of drug-likeness (QED) is 0.388. The lowest BCUT2D eigenvalue weighted by molar-refractivity contribution is 0.481. The largest absolute Gasteiger partial charge is 0.356 e. The summed E-state index contributed by atoms with van der Waals surface area (Å²) < 4.78 is 44.5. The monoisotopic (exact) mass is 462 g/mol. The van der Waals surface area contributed by atoms with Crippen LogP contribution in [0.5, 0.6) is 0 Å². The Bertz CT molecular complexity index is 1320. The van der Waals surface area contributed by atoms with Gasteiger partial charge in [-0.25, -0.2) is 23.1 Å². The number of H-pyrrole nitrogens is 1. The summed E-state index contributed by atoms with van der Waals surface area (Å²) in [4.78, 5) is 13.5. The Morgan fingerprint density at radius 2 is 1.74 bits per heavy atom. The molecule has 0 aliphatic carbocycles. The highest BCUT2D eigenvalue weighted by atomic mass is 35.5. The number of halogens is 5. The van der Waals surface area contributed by atoms with Crippen molar-refractivity contribution in [3.05, 3.63) is 86.5 Å². The van der Waals surface area contributed by atoms with Gasteiger partial charge in [-0.15, -0.1) is 0 Å². The van der Waals surface area contributed by atoms with Crippen molar-refractivity contribution in [2.45, 2.75) is 19.4 Å². The third-order valence-electron chi connectivity index (χ3n) is 5.64. The van der Waals surface area contributed by atoms with E-state index in [1.54, 1.807) is 11.0 Å². The highest BCUT2D eigenvalue weighted by Gasteiger charge is 2.36. The van der Waals surface area contributed by atoms with E-state index in [-0.39, 0.29) is 16.1 Å². The lowest BCUT2D eigenvalue weighted by atomic mass is 9.91. The maximum atomic E-state index is 15.1. The third kappa shape index (κ3) is 3.15. The second-order valence-corrected chi connectivity index (χ2v) is 8.29. The zero-order chi connectivity index (χ0) is 21.9. The van der Waals surface area contributed by atoms with Crippen LogP contribution in [0.25, 0.3) is 10.9 Å². The van der Waals surface area contributed by atoms with Gasteiger partial charge in [0.05, 0.1) is 22.4 Å². The van der Waals surface area contributed by atoms with Gasteiger partial charge >= 0.3 is 0 Å². The second-order valence-electron chi connectivity index (χ2n) is 7.45. The van der Waals surface area contributed by atoms with Crippen LogP contribution in [0.2, 0.25) is 10.0 Å². The van der Waals surface area contributed by atoms with Crippen molar-refractivity contribution in [1.29, 1.82) is 0 Å². The Labute approximate surface area is 185 Å². The van der Waals surface area contributed by atoms with E-state index in [9.17, 15) is 8.78 Å². The molecule has 0 saturated heterocycles. The molecule has 1 unspecified atom stereocenters. The average Bonchev–Trinajstić information content (AvgIpc) is 3.14. The van der Waals surface area contributed by atoms with E-state index in [1.165, 1.54) is 37.5 Å². The first-order valence-corrected chi connectivity index (χ1v) is 10.3. The molecule has 1 aliphatic heterocycles. The normalized spacial score (nSPS) is 16.1. The molecule has 0 amide bonds. The SMILES string of the molecule is Cc1ccc(C2c3[nH]c4ccc(Cl)c(F)c4c3CCN2c2ncc(Cl)cn2)c(F)c1F. The van der Waals surface area contributed by atoms with Gasteiger partial charge in [0.25, 0.3) is 0 Å². The van der Waals surface area contributed by atoms with Gasteiger partial charge in [0.2, 0.25) is 5.95 Å². The van der Waals surface area contributed by atoms with E-state index in [0.29, 0.717) is 46.1 Å². The van der Waals surface area contributed by atoms with E-state index < -0.39 is 23.5 Å². The van der Waals surface area contributed by atoms with Crippen LogP contribution in [-0.2, 0) is 6.42 Å². The highest BCUT2D eigenvalue weighted by molar-refractivity contribution is 6.31. The van der Waals surface area contributed by atoms with Crippen LogP contribution in [0.15, 0.2) is 36.7 Å². The topological polar surface area (TPSA) is 44.8 Å². The average molecular weight is 463 g/mol. The number of aromatic nitrogens is 3. The third-order valence-corrected chi connectivity index (χ3v) is 6.13. The van der Waals surface area contributed by atoms with Crippen molar-refractivity contribution in [1.82, 2.24) is 15.0 Å². The smallest absolute Gasteiger partial charge is 0.226 e. The van der Waals surface area contributed by atoms with Gasteiger partial charge in [-0.3, -0.25) is 0 Å². The number of aryl methyl sites for hydroxylation is 1. The van der Waals surface area contributed by atoms with Crippen LogP contribution in [0.4, 0.5) is 19.1 Å². The standard InChI is InChI=1S/C22H15Cl2F3N4/c1-10-2-3-13(18(26)17(10)25)21-20-12(16-15(30-20)5-4-14(24)19(16)27)6-7-31(21)22-28-8-11(23)9-29-22/h2-5,8-9,21,30H,6-7H2,1H3. The second kappa shape index (κ2) is 7.43. The van der Waals surface area contributed by atoms with Gasteiger partial charge in [0, 0.05) is 28.7 Å². The summed E-state index contributed by atoms with van der Waals surface area (Å²) in [6.45, 7) is 1.85. The fraction of sp³-hybridized carbons (Fsp3) is 0.182. The minimum absolute atomic E-state index is 0.00174. The maximum Gasteiger partial charge on any atom is 0.226 e. The lowest BCUT2D eigenvalue weighted by Gasteiger charge is -2.36. The van der Waals surface area contributed by atoms with Gasteiger partial charge in [-0.1, -0.05) is 35.3 Å². The number of nitrogens with zero attached hydrogens (tertiary/aromatic N) is 3. The molecule has 1 aliphatic rings. The summed E-state index contributed by atoms with van der Waals surface area (Å²) in [7, 11) is 0. The Morgan fingerprint density at radius 3 is 2.48 bits per heavy atom. The molecule has 2 aromatic carbocycles. The van der Waals surface area contributed by atoms with E-state index in [0.717, 1.165) is 0 Å². The molecule has 9 heteroatoms. The first-order chi connectivity index (χ1) is 14.9. The molecular formula is C22H15Cl2F3N4. The molecule has 1 atom stereocenters. The zero-order valence-electron chi connectivity index (χ0n) is 16.2. The van der Waals surface area contributed by atoms with E-state index >= 15 is 4.39 Å².